The molecule has 0 aliphatic carbocycles. The number of halogens is 2. The van der Waals surface area contributed by atoms with Crippen LogP contribution in [0.2, 0.25) is 16.9 Å². The van der Waals surface area contributed by atoms with Crippen LogP contribution in [0.15, 0.2) is 71.7 Å². The third-order valence-electron chi connectivity index (χ3n) is 5.13. The number of rotatable bonds is 5. The Hall–Kier alpha value is -2.43. The van der Waals surface area contributed by atoms with Gasteiger partial charge < -0.3 is 10.1 Å². The summed E-state index contributed by atoms with van der Waals surface area (Å²) in [6, 6.07) is 21.8. The number of nitrogens with one attached hydrogen (secondary N) is 1. The second kappa shape index (κ2) is 8.52. The predicted octanol–water partition coefficient (Wildman–Crippen LogP) is 5.21. The van der Waals surface area contributed by atoms with Crippen LogP contribution < -0.4 is 15.5 Å². The van der Waals surface area contributed by atoms with Crippen LogP contribution in [0.3, 0.4) is 0 Å². The number of methoxy groups -OCH3 is 1. The van der Waals surface area contributed by atoms with Crippen molar-refractivity contribution in [3.8, 4) is 5.75 Å². The van der Waals surface area contributed by atoms with Crippen molar-refractivity contribution in [2.24, 2.45) is 4.99 Å². The molecule has 0 unspecified atom stereocenters. The first-order valence-electron chi connectivity index (χ1n) is 9.42. The second-order valence-corrected chi connectivity index (χ2v) is 7.77. The summed E-state index contributed by atoms with van der Waals surface area (Å²) in [7, 11) is 3.71. The second-order valence-electron chi connectivity index (χ2n) is 6.89. The molecule has 0 saturated carbocycles. The molecule has 3 aromatic carbocycles. The Morgan fingerprint density at radius 2 is 1.52 bits per heavy atom. The van der Waals surface area contributed by atoms with Gasteiger partial charge >= 0.3 is 0 Å². The van der Waals surface area contributed by atoms with Crippen molar-refractivity contribution in [3.05, 3.63) is 93.5 Å². The zero-order valence-corrected chi connectivity index (χ0v) is 17.7. The maximum Gasteiger partial charge on any atom is 0.153 e. The van der Waals surface area contributed by atoms with Crippen molar-refractivity contribution >= 4 is 41.8 Å². The molecule has 0 amide bonds. The summed E-state index contributed by atoms with van der Waals surface area (Å²) < 4.78 is 5.44. The first kappa shape index (κ1) is 19.9. The minimum Gasteiger partial charge on any atom is -0.497 e. The zero-order chi connectivity index (χ0) is 20.4. The summed E-state index contributed by atoms with van der Waals surface area (Å²) in [6.45, 7) is 2.00. The van der Waals surface area contributed by atoms with E-state index in [1.807, 2.05) is 74.8 Å². The van der Waals surface area contributed by atoms with E-state index in [9.17, 15) is 0 Å². The molecular formula is C23H20BCl2N2O. The van der Waals surface area contributed by atoms with Gasteiger partial charge in [-0.1, -0.05) is 60.4 Å². The molecule has 1 N–H and O–H groups in total. The number of amidine groups is 1. The van der Waals surface area contributed by atoms with Gasteiger partial charge in [-0.05, 0) is 53.0 Å². The van der Waals surface area contributed by atoms with E-state index in [0.717, 1.165) is 33.7 Å². The summed E-state index contributed by atoms with van der Waals surface area (Å²) in [5.41, 5.74) is 4.29. The Bertz CT molecular complexity index is 1040. The van der Waals surface area contributed by atoms with Crippen molar-refractivity contribution in [2.75, 3.05) is 7.11 Å². The highest BCUT2D eigenvalue weighted by Crippen LogP contribution is 2.37. The lowest BCUT2D eigenvalue weighted by molar-refractivity contribution is 0.418. The Kier molecular flexibility index (Phi) is 5.84. The Morgan fingerprint density at radius 1 is 0.897 bits per heavy atom. The van der Waals surface area contributed by atoms with E-state index in [-0.39, 0.29) is 12.1 Å². The molecule has 1 heterocycles. The Balaban J connectivity index is 1.74. The van der Waals surface area contributed by atoms with E-state index in [1.165, 1.54) is 0 Å². The van der Waals surface area contributed by atoms with Crippen LogP contribution in [-0.4, -0.2) is 20.2 Å². The van der Waals surface area contributed by atoms with Crippen molar-refractivity contribution in [3.63, 3.8) is 0 Å². The Labute approximate surface area is 182 Å². The number of benzene rings is 3. The molecule has 0 saturated heterocycles. The van der Waals surface area contributed by atoms with Gasteiger partial charge in [0.15, 0.2) is 7.28 Å². The van der Waals surface area contributed by atoms with Gasteiger partial charge in [0, 0.05) is 15.6 Å². The lowest BCUT2D eigenvalue weighted by Crippen LogP contribution is -2.26. The smallest absolute Gasteiger partial charge is 0.153 e. The average Bonchev–Trinajstić information content (AvgIpc) is 3.19. The van der Waals surface area contributed by atoms with Crippen molar-refractivity contribution in [1.29, 1.82) is 0 Å². The van der Waals surface area contributed by atoms with Crippen LogP contribution in [0, 0.1) is 0 Å². The van der Waals surface area contributed by atoms with Crippen molar-refractivity contribution in [2.45, 2.75) is 18.9 Å². The van der Waals surface area contributed by atoms with E-state index in [0.29, 0.717) is 10.0 Å². The lowest BCUT2D eigenvalue weighted by Gasteiger charge is -2.20. The van der Waals surface area contributed by atoms with E-state index >= 15 is 0 Å². The maximum absolute atomic E-state index is 6.10. The summed E-state index contributed by atoms with van der Waals surface area (Å²) in [4.78, 5) is 5.04. The van der Waals surface area contributed by atoms with E-state index in [2.05, 4.69) is 11.4 Å². The number of nitrogens with zero attached hydrogens (tertiary/aromatic N) is 1. The minimum absolute atomic E-state index is 0.000370. The highest BCUT2D eigenvalue weighted by molar-refractivity contribution is 6.53. The number of hydrogen-bond acceptors (Lipinski definition) is 3. The fraction of sp³-hybridized carbons (Fsp3) is 0.174. The van der Waals surface area contributed by atoms with Crippen LogP contribution in [0.1, 0.15) is 28.8 Å². The van der Waals surface area contributed by atoms with Crippen LogP contribution in [-0.2, 0) is 0 Å². The van der Waals surface area contributed by atoms with Gasteiger partial charge in [-0.15, -0.1) is 0 Å². The summed E-state index contributed by atoms with van der Waals surface area (Å²) >= 11 is 12.2. The van der Waals surface area contributed by atoms with Crippen LogP contribution in [0.5, 0.6) is 5.75 Å². The molecular weight excluding hydrogens is 402 g/mol. The molecule has 6 heteroatoms. The van der Waals surface area contributed by atoms with Gasteiger partial charge in [0.2, 0.25) is 0 Å². The van der Waals surface area contributed by atoms with Crippen LogP contribution in [0.25, 0.3) is 0 Å². The molecule has 1 radical (unpaired) electrons. The SMILES string of the molecule is C[B]c1cc(C2=N[C@H](c3ccc(Cl)cc3)[C@H](c3ccc(Cl)cc3)N2)ccc1OC. The fourth-order valence-corrected chi connectivity index (χ4v) is 3.86. The molecule has 0 fully saturated rings. The van der Waals surface area contributed by atoms with Gasteiger partial charge in [-0.3, -0.25) is 4.99 Å². The molecule has 4 rings (SSSR count). The third kappa shape index (κ3) is 4.14. The molecule has 3 aromatic rings. The molecule has 1 aliphatic heterocycles. The maximum atomic E-state index is 6.10. The molecule has 0 aromatic heterocycles. The van der Waals surface area contributed by atoms with Gasteiger partial charge in [0.25, 0.3) is 0 Å². The van der Waals surface area contributed by atoms with E-state index in [1.54, 1.807) is 7.11 Å². The summed E-state index contributed by atoms with van der Waals surface area (Å²) in [5.74, 6) is 1.70. The highest BCUT2D eigenvalue weighted by atomic mass is 35.5. The van der Waals surface area contributed by atoms with Gasteiger partial charge in [0.05, 0.1) is 13.2 Å². The standard InChI is InChI=1S/C23H20BCl2N2O/c1-24-19-13-16(7-12-20(19)29-2)23-27-21(14-3-8-17(25)9-4-14)22(28-23)15-5-10-18(26)11-6-15/h3-13,21-22H,1-2H3,(H,27,28)/t21-,22+. The number of aliphatic imine (C=N–C) groups is 1. The molecule has 3 nitrogen and oxygen atoms in total. The Morgan fingerprint density at radius 3 is 2.10 bits per heavy atom. The molecule has 0 bridgehead atoms. The van der Waals surface area contributed by atoms with Crippen LogP contribution in [0.4, 0.5) is 0 Å². The number of hydrogen-bond donors (Lipinski definition) is 1. The van der Waals surface area contributed by atoms with Crippen molar-refractivity contribution < 1.29 is 4.74 Å². The number of ether oxygens (including phenoxy) is 1. The molecule has 0 spiro atoms. The topological polar surface area (TPSA) is 33.6 Å². The third-order valence-corrected chi connectivity index (χ3v) is 5.63. The fourth-order valence-electron chi connectivity index (χ4n) is 3.60. The van der Waals surface area contributed by atoms with Gasteiger partial charge in [-0.25, -0.2) is 0 Å². The van der Waals surface area contributed by atoms with Crippen LogP contribution >= 0.6 is 23.2 Å². The predicted molar refractivity (Wildman–Crippen MR) is 122 cm³/mol. The zero-order valence-electron chi connectivity index (χ0n) is 16.2. The average molecular weight is 422 g/mol. The van der Waals surface area contributed by atoms with Gasteiger partial charge in [-0.2, -0.15) is 0 Å². The first-order valence-corrected chi connectivity index (χ1v) is 10.2. The quantitative estimate of drug-likeness (QED) is 0.573. The largest absolute Gasteiger partial charge is 0.497 e. The highest BCUT2D eigenvalue weighted by Gasteiger charge is 2.32. The molecule has 29 heavy (non-hydrogen) atoms. The van der Waals surface area contributed by atoms with E-state index < -0.39 is 0 Å². The monoisotopic (exact) mass is 421 g/mol. The summed E-state index contributed by atoms with van der Waals surface area (Å²) in [6.07, 6.45) is 0. The summed E-state index contributed by atoms with van der Waals surface area (Å²) in [5, 5.41) is 5.04. The van der Waals surface area contributed by atoms with Gasteiger partial charge in [0.1, 0.15) is 17.6 Å². The molecule has 2 atom stereocenters. The minimum atomic E-state index is -0.0698. The van der Waals surface area contributed by atoms with Crippen molar-refractivity contribution in [1.82, 2.24) is 5.32 Å². The lowest BCUT2D eigenvalue weighted by atomic mass is 9.72. The molecule has 1 aliphatic rings. The first-order chi connectivity index (χ1) is 14.1. The normalized spacial score (nSPS) is 18.1. The van der Waals surface area contributed by atoms with E-state index in [4.69, 9.17) is 32.9 Å². The molecule has 145 valence electrons.